The summed E-state index contributed by atoms with van der Waals surface area (Å²) >= 11 is 0. The lowest BCUT2D eigenvalue weighted by Crippen LogP contribution is -2.34. The molecule has 3 N–H and O–H groups in total. The second kappa shape index (κ2) is 5.95. The minimum Gasteiger partial charge on any atom is -0.478 e. The first-order chi connectivity index (χ1) is 9.13. The van der Waals surface area contributed by atoms with Gasteiger partial charge in [0.25, 0.3) is 0 Å². The van der Waals surface area contributed by atoms with Crippen molar-refractivity contribution >= 4 is 17.3 Å². The number of nitrogens with zero attached hydrogens (tertiary/aromatic N) is 1. The molecule has 4 nitrogen and oxygen atoms in total. The summed E-state index contributed by atoms with van der Waals surface area (Å²) in [4.78, 5) is 13.3. The Morgan fingerprint density at radius 2 is 2.21 bits per heavy atom. The quantitative estimate of drug-likeness (QED) is 0.821. The Hall–Kier alpha value is -1.71. The zero-order valence-corrected chi connectivity index (χ0v) is 11.4. The number of hydrogen-bond acceptors (Lipinski definition) is 3. The maximum Gasteiger partial charge on any atom is 0.335 e. The lowest BCUT2D eigenvalue weighted by Gasteiger charge is -2.32. The van der Waals surface area contributed by atoms with E-state index in [1.807, 2.05) is 6.07 Å². The number of anilines is 2. The monoisotopic (exact) mass is 262 g/mol. The molecule has 2 rings (SSSR count). The SMILES string of the molecule is CCC1CCCCCN1c1ccc(C(=O)O)cc1N. The van der Waals surface area contributed by atoms with Crippen molar-refractivity contribution in [3.05, 3.63) is 23.8 Å². The van der Waals surface area contributed by atoms with Crippen LogP contribution >= 0.6 is 0 Å². The highest BCUT2D eigenvalue weighted by Crippen LogP contribution is 2.31. The number of aromatic carboxylic acids is 1. The van der Waals surface area contributed by atoms with E-state index in [0.29, 0.717) is 11.7 Å². The molecule has 0 saturated carbocycles. The van der Waals surface area contributed by atoms with E-state index < -0.39 is 5.97 Å². The minimum atomic E-state index is -0.929. The van der Waals surface area contributed by atoms with E-state index in [2.05, 4.69) is 11.8 Å². The third-order valence-corrected chi connectivity index (χ3v) is 3.93. The van der Waals surface area contributed by atoms with Gasteiger partial charge in [-0.2, -0.15) is 0 Å². The molecule has 1 aromatic rings. The number of nitrogens with two attached hydrogens (primary N) is 1. The van der Waals surface area contributed by atoms with Crippen LogP contribution in [0.15, 0.2) is 18.2 Å². The summed E-state index contributed by atoms with van der Waals surface area (Å²) in [5.74, 6) is -0.929. The number of benzene rings is 1. The zero-order valence-electron chi connectivity index (χ0n) is 11.4. The third kappa shape index (κ3) is 3.00. The van der Waals surface area contributed by atoms with Crippen LogP contribution in [0, 0.1) is 0 Å². The number of hydrogen-bond donors (Lipinski definition) is 2. The van der Waals surface area contributed by atoms with Crippen molar-refractivity contribution in [3.63, 3.8) is 0 Å². The molecule has 0 spiro atoms. The van der Waals surface area contributed by atoms with E-state index in [-0.39, 0.29) is 5.56 Å². The number of rotatable bonds is 3. The molecule has 0 radical (unpaired) electrons. The molecule has 1 unspecified atom stereocenters. The van der Waals surface area contributed by atoms with E-state index in [1.54, 1.807) is 12.1 Å². The van der Waals surface area contributed by atoms with Gasteiger partial charge in [-0.15, -0.1) is 0 Å². The van der Waals surface area contributed by atoms with E-state index in [1.165, 1.54) is 25.7 Å². The topological polar surface area (TPSA) is 66.6 Å². The van der Waals surface area contributed by atoms with Crippen molar-refractivity contribution in [2.24, 2.45) is 0 Å². The zero-order chi connectivity index (χ0) is 13.8. The maximum absolute atomic E-state index is 10.9. The van der Waals surface area contributed by atoms with Gasteiger partial charge in [0, 0.05) is 12.6 Å². The van der Waals surface area contributed by atoms with Crippen molar-refractivity contribution in [1.82, 2.24) is 0 Å². The molecule has 19 heavy (non-hydrogen) atoms. The second-order valence-corrected chi connectivity index (χ2v) is 5.18. The predicted molar refractivity (Wildman–Crippen MR) is 77.7 cm³/mol. The van der Waals surface area contributed by atoms with E-state index in [4.69, 9.17) is 10.8 Å². The van der Waals surface area contributed by atoms with Crippen LogP contribution in [0.2, 0.25) is 0 Å². The second-order valence-electron chi connectivity index (χ2n) is 5.18. The molecule has 1 aliphatic rings. The fraction of sp³-hybridized carbons (Fsp3) is 0.533. The van der Waals surface area contributed by atoms with E-state index in [9.17, 15) is 4.79 Å². The van der Waals surface area contributed by atoms with Crippen LogP contribution in [-0.4, -0.2) is 23.7 Å². The van der Waals surface area contributed by atoms with Crippen LogP contribution in [0.1, 0.15) is 49.4 Å². The molecule has 0 aliphatic carbocycles. The fourth-order valence-electron chi connectivity index (χ4n) is 2.87. The van der Waals surface area contributed by atoms with Crippen molar-refractivity contribution in [3.8, 4) is 0 Å². The summed E-state index contributed by atoms with van der Waals surface area (Å²) in [5.41, 5.74) is 7.86. The first kappa shape index (κ1) is 13.7. The molecule has 1 aromatic carbocycles. The number of carbonyl (C=O) groups is 1. The number of carboxylic acid groups (broad SMARTS) is 1. The van der Waals surface area contributed by atoms with Crippen molar-refractivity contribution in [1.29, 1.82) is 0 Å². The van der Waals surface area contributed by atoms with Crippen molar-refractivity contribution < 1.29 is 9.90 Å². The molecule has 1 saturated heterocycles. The van der Waals surface area contributed by atoms with E-state index in [0.717, 1.165) is 18.7 Å². The fourth-order valence-corrected chi connectivity index (χ4v) is 2.87. The van der Waals surface area contributed by atoms with E-state index >= 15 is 0 Å². The molecular weight excluding hydrogens is 240 g/mol. The van der Waals surface area contributed by atoms with Crippen LogP contribution in [-0.2, 0) is 0 Å². The molecule has 1 heterocycles. The smallest absolute Gasteiger partial charge is 0.335 e. The summed E-state index contributed by atoms with van der Waals surface area (Å²) in [6.07, 6.45) is 6.00. The summed E-state index contributed by atoms with van der Waals surface area (Å²) in [7, 11) is 0. The first-order valence-corrected chi connectivity index (χ1v) is 7.03. The standard InChI is InChI=1S/C15H22N2O2/c1-2-12-6-4-3-5-9-17(12)14-8-7-11(15(18)19)10-13(14)16/h7-8,10,12H,2-6,9,16H2,1H3,(H,18,19). The summed E-state index contributed by atoms with van der Waals surface area (Å²) in [6.45, 7) is 3.21. The summed E-state index contributed by atoms with van der Waals surface area (Å²) < 4.78 is 0. The van der Waals surface area contributed by atoms with Gasteiger partial charge in [0.1, 0.15) is 0 Å². The molecule has 1 fully saturated rings. The summed E-state index contributed by atoms with van der Waals surface area (Å²) in [6, 6.07) is 5.58. The predicted octanol–water partition coefficient (Wildman–Crippen LogP) is 3.13. The van der Waals surface area contributed by atoms with Crippen molar-refractivity contribution in [2.45, 2.75) is 45.1 Å². The minimum absolute atomic E-state index is 0.254. The molecule has 1 atom stereocenters. The van der Waals surface area contributed by atoms with Crippen molar-refractivity contribution in [2.75, 3.05) is 17.2 Å². The van der Waals surface area contributed by atoms with Gasteiger partial charge in [-0.3, -0.25) is 0 Å². The highest BCUT2D eigenvalue weighted by atomic mass is 16.4. The number of carboxylic acids is 1. The van der Waals surface area contributed by atoms with Gasteiger partial charge in [0.15, 0.2) is 0 Å². The Labute approximate surface area is 114 Å². The normalized spacial score (nSPS) is 20.1. The highest BCUT2D eigenvalue weighted by molar-refractivity contribution is 5.90. The highest BCUT2D eigenvalue weighted by Gasteiger charge is 2.21. The lowest BCUT2D eigenvalue weighted by molar-refractivity contribution is 0.0697. The molecule has 104 valence electrons. The van der Waals surface area contributed by atoms with Gasteiger partial charge in [0.05, 0.1) is 16.9 Å². The van der Waals surface area contributed by atoms with Crippen LogP contribution in [0.3, 0.4) is 0 Å². The Kier molecular flexibility index (Phi) is 4.30. The molecule has 1 aliphatic heterocycles. The van der Waals surface area contributed by atoms with Crippen LogP contribution < -0.4 is 10.6 Å². The Balaban J connectivity index is 2.30. The molecule has 4 heteroatoms. The van der Waals surface area contributed by atoms with Gasteiger partial charge in [-0.25, -0.2) is 4.79 Å². The molecule has 0 amide bonds. The van der Waals surface area contributed by atoms with Gasteiger partial charge < -0.3 is 15.7 Å². The Bertz CT molecular complexity index is 459. The molecule has 0 aromatic heterocycles. The van der Waals surface area contributed by atoms with Gasteiger partial charge in [-0.05, 0) is 37.5 Å². The van der Waals surface area contributed by atoms with Crippen LogP contribution in [0.4, 0.5) is 11.4 Å². The third-order valence-electron chi connectivity index (χ3n) is 3.93. The first-order valence-electron chi connectivity index (χ1n) is 7.03. The number of nitrogen functional groups attached to an aromatic ring is 1. The summed E-state index contributed by atoms with van der Waals surface area (Å²) in [5, 5.41) is 8.98. The molecular formula is C15H22N2O2. The Morgan fingerprint density at radius 1 is 1.42 bits per heavy atom. The largest absolute Gasteiger partial charge is 0.478 e. The maximum atomic E-state index is 10.9. The van der Waals surface area contributed by atoms with Crippen LogP contribution in [0.5, 0.6) is 0 Å². The van der Waals surface area contributed by atoms with Gasteiger partial charge >= 0.3 is 5.97 Å². The van der Waals surface area contributed by atoms with Gasteiger partial charge in [0.2, 0.25) is 0 Å². The van der Waals surface area contributed by atoms with Crippen LogP contribution in [0.25, 0.3) is 0 Å². The molecule has 0 bridgehead atoms. The average Bonchev–Trinajstić information content (AvgIpc) is 2.63. The van der Waals surface area contributed by atoms with Gasteiger partial charge in [-0.1, -0.05) is 19.8 Å². The average molecular weight is 262 g/mol. The Morgan fingerprint density at radius 3 is 2.84 bits per heavy atom. The lowest BCUT2D eigenvalue weighted by atomic mass is 10.1.